The molecule has 0 aromatic heterocycles. The Hall–Kier alpha value is -2.73. The van der Waals surface area contributed by atoms with E-state index in [1.165, 1.54) is 4.90 Å². The van der Waals surface area contributed by atoms with Gasteiger partial charge in [-0.15, -0.1) is 0 Å². The molecule has 2 aliphatic heterocycles. The number of fused-ring (bicyclic) bond motifs is 2. The Morgan fingerprint density at radius 2 is 2.08 bits per heavy atom. The van der Waals surface area contributed by atoms with Gasteiger partial charge in [-0.05, 0) is 36.8 Å². The summed E-state index contributed by atoms with van der Waals surface area (Å²) in [6.45, 7) is 2.60. The van der Waals surface area contributed by atoms with E-state index in [-0.39, 0.29) is 12.6 Å². The van der Waals surface area contributed by atoms with Gasteiger partial charge in [0.05, 0.1) is 18.3 Å². The van der Waals surface area contributed by atoms with Crippen LogP contribution in [-0.4, -0.2) is 36.3 Å². The molecule has 0 aliphatic carbocycles. The molecule has 25 heavy (non-hydrogen) atoms. The standard InChI is InChI=1S/C19H19NO5/c1-11-8-17-13(14(21)6-7-23-17)9-16(11)25-15-5-3-4-12-18(15)24-10-20(2)19(12)22/h3-5,8-9,14,21H,6-7,10H2,1-2H3. The second-order valence-corrected chi connectivity index (χ2v) is 6.32. The molecule has 2 aliphatic rings. The third-order valence-electron chi connectivity index (χ3n) is 4.49. The highest BCUT2D eigenvalue weighted by Gasteiger charge is 2.27. The van der Waals surface area contributed by atoms with E-state index in [4.69, 9.17) is 14.2 Å². The normalized spacial score (nSPS) is 18.8. The van der Waals surface area contributed by atoms with Gasteiger partial charge in [0, 0.05) is 19.0 Å². The third kappa shape index (κ3) is 2.68. The van der Waals surface area contributed by atoms with Crippen LogP contribution in [0.25, 0.3) is 0 Å². The van der Waals surface area contributed by atoms with Gasteiger partial charge in [0.2, 0.25) is 0 Å². The van der Waals surface area contributed by atoms with E-state index in [2.05, 4.69) is 0 Å². The van der Waals surface area contributed by atoms with Gasteiger partial charge in [-0.25, -0.2) is 0 Å². The van der Waals surface area contributed by atoms with Crippen molar-refractivity contribution in [3.8, 4) is 23.0 Å². The minimum atomic E-state index is -0.567. The van der Waals surface area contributed by atoms with Crippen LogP contribution < -0.4 is 14.2 Å². The predicted octanol–water partition coefficient (Wildman–Crippen LogP) is 3.03. The fraction of sp³-hybridized carbons (Fsp3) is 0.316. The van der Waals surface area contributed by atoms with Crippen LogP contribution in [0, 0.1) is 6.92 Å². The fourth-order valence-corrected chi connectivity index (χ4v) is 3.07. The van der Waals surface area contributed by atoms with E-state index >= 15 is 0 Å². The molecule has 6 nitrogen and oxygen atoms in total. The number of aliphatic hydroxyl groups excluding tert-OH is 1. The lowest BCUT2D eigenvalue weighted by Crippen LogP contribution is -2.35. The number of carbonyl (C=O) groups is 1. The molecule has 0 saturated heterocycles. The topological polar surface area (TPSA) is 68.2 Å². The van der Waals surface area contributed by atoms with Crippen molar-refractivity contribution >= 4 is 5.91 Å². The molecule has 0 fully saturated rings. The highest BCUT2D eigenvalue weighted by atomic mass is 16.5. The van der Waals surface area contributed by atoms with Crippen molar-refractivity contribution in [1.29, 1.82) is 0 Å². The Morgan fingerprint density at radius 1 is 1.24 bits per heavy atom. The second-order valence-electron chi connectivity index (χ2n) is 6.32. The Balaban J connectivity index is 1.72. The number of aryl methyl sites for hydroxylation is 1. The Kier molecular flexibility index (Phi) is 3.77. The summed E-state index contributed by atoms with van der Waals surface area (Å²) < 4.78 is 17.3. The second kappa shape index (κ2) is 5.97. The first-order chi connectivity index (χ1) is 12.0. The summed E-state index contributed by atoms with van der Waals surface area (Å²) in [5.41, 5.74) is 2.07. The predicted molar refractivity (Wildman–Crippen MR) is 90.4 cm³/mol. The molecule has 0 spiro atoms. The number of nitrogens with zero attached hydrogens (tertiary/aromatic N) is 1. The maximum absolute atomic E-state index is 12.3. The van der Waals surface area contributed by atoms with Crippen LogP contribution in [0.5, 0.6) is 23.0 Å². The molecule has 0 bridgehead atoms. The monoisotopic (exact) mass is 341 g/mol. The van der Waals surface area contributed by atoms with Gasteiger partial charge in [0.1, 0.15) is 11.5 Å². The van der Waals surface area contributed by atoms with Gasteiger partial charge >= 0.3 is 0 Å². The van der Waals surface area contributed by atoms with E-state index in [1.807, 2.05) is 13.0 Å². The van der Waals surface area contributed by atoms with Crippen molar-refractivity contribution in [3.63, 3.8) is 0 Å². The Morgan fingerprint density at radius 3 is 2.92 bits per heavy atom. The molecule has 1 N–H and O–H groups in total. The highest BCUT2D eigenvalue weighted by molar-refractivity contribution is 5.98. The molecule has 0 saturated carbocycles. The van der Waals surface area contributed by atoms with Crippen molar-refractivity contribution < 1.29 is 24.1 Å². The summed E-state index contributed by atoms with van der Waals surface area (Å²) in [7, 11) is 1.69. The Labute approximate surface area is 145 Å². The number of hydrogen-bond acceptors (Lipinski definition) is 5. The van der Waals surface area contributed by atoms with Gasteiger partial charge < -0.3 is 24.2 Å². The number of benzene rings is 2. The number of carbonyl (C=O) groups excluding carboxylic acids is 1. The molecule has 130 valence electrons. The summed E-state index contributed by atoms with van der Waals surface area (Å²) in [5.74, 6) is 2.11. The zero-order valence-electron chi connectivity index (χ0n) is 14.1. The average molecular weight is 341 g/mol. The molecule has 6 heteroatoms. The zero-order chi connectivity index (χ0) is 17.6. The summed E-state index contributed by atoms with van der Waals surface area (Å²) >= 11 is 0. The lowest BCUT2D eigenvalue weighted by atomic mass is 10.0. The molecular formula is C19H19NO5. The van der Waals surface area contributed by atoms with Crippen molar-refractivity contribution in [2.75, 3.05) is 20.4 Å². The van der Waals surface area contributed by atoms with E-state index in [0.29, 0.717) is 47.2 Å². The van der Waals surface area contributed by atoms with Crippen molar-refractivity contribution in [2.24, 2.45) is 0 Å². The third-order valence-corrected chi connectivity index (χ3v) is 4.49. The van der Waals surface area contributed by atoms with Crippen LogP contribution in [0.2, 0.25) is 0 Å². The first kappa shape index (κ1) is 15.8. The first-order valence-corrected chi connectivity index (χ1v) is 8.19. The largest absolute Gasteiger partial charge is 0.493 e. The first-order valence-electron chi connectivity index (χ1n) is 8.19. The van der Waals surface area contributed by atoms with Crippen LogP contribution in [0.15, 0.2) is 30.3 Å². The average Bonchev–Trinajstić information content (AvgIpc) is 2.60. The summed E-state index contributed by atoms with van der Waals surface area (Å²) in [6.07, 6.45) is -0.0111. The molecule has 4 rings (SSSR count). The smallest absolute Gasteiger partial charge is 0.260 e. The number of rotatable bonds is 2. The molecule has 2 aromatic rings. The highest BCUT2D eigenvalue weighted by Crippen LogP contribution is 2.41. The maximum atomic E-state index is 12.3. The fourth-order valence-electron chi connectivity index (χ4n) is 3.07. The van der Waals surface area contributed by atoms with Crippen LogP contribution >= 0.6 is 0 Å². The number of aliphatic hydroxyl groups is 1. The van der Waals surface area contributed by atoms with E-state index in [1.54, 1.807) is 31.3 Å². The number of ether oxygens (including phenoxy) is 3. The molecule has 2 aromatic carbocycles. The van der Waals surface area contributed by atoms with E-state index in [0.717, 1.165) is 5.56 Å². The van der Waals surface area contributed by atoms with Crippen LogP contribution in [0.3, 0.4) is 0 Å². The molecule has 2 heterocycles. The number of para-hydroxylation sites is 1. The van der Waals surface area contributed by atoms with Gasteiger partial charge in [0.15, 0.2) is 18.2 Å². The van der Waals surface area contributed by atoms with Crippen molar-refractivity contribution in [3.05, 3.63) is 47.0 Å². The van der Waals surface area contributed by atoms with E-state index in [9.17, 15) is 9.90 Å². The van der Waals surface area contributed by atoms with Crippen LogP contribution in [0.1, 0.15) is 34.0 Å². The van der Waals surface area contributed by atoms with Gasteiger partial charge in [-0.3, -0.25) is 4.79 Å². The number of hydrogen-bond donors (Lipinski definition) is 1. The molecule has 1 atom stereocenters. The minimum absolute atomic E-state index is 0.0994. The molecule has 0 radical (unpaired) electrons. The number of amides is 1. The summed E-state index contributed by atoms with van der Waals surface area (Å²) in [5, 5.41) is 10.2. The van der Waals surface area contributed by atoms with Gasteiger partial charge in [-0.1, -0.05) is 6.07 Å². The minimum Gasteiger partial charge on any atom is -0.493 e. The van der Waals surface area contributed by atoms with E-state index < -0.39 is 6.10 Å². The quantitative estimate of drug-likeness (QED) is 0.909. The SMILES string of the molecule is Cc1cc2c(cc1Oc1cccc3c1OCN(C)C3=O)C(O)CCO2. The molecule has 1 unspecified atom stereocenters. The van der Waals surface area contributed by atoms with Gasteiger partial charge in [0.25, 0.3) is 5.91 Å². The Bertz CT molecular complexity index is 848. The van der Waals surface area contributed by atoms with Gasteiger partial charge in [-0.2, -0.15) is 0 Å². The van der Waals surface area contributed by atoms with Crippen LogP contribution in [0.4, 0.5) is 0 Å². The summed E-state index contributed by atoms with van der Waals surface area (Å²) in [4.78, 5) is 13.8. The molecule has 1 amide bonds. The van der Waals surface area contributed by atoms with Crippen molar-refractivity contribution in [1.82, 2.24) is 4.90 Å². The zero-order valence-corrected chi connectivity index (χ0v) is 14.1. The van der Waals surface area contributed by atoms with Crippen molar-refractivity contribution in [2.45, 2.75) is 19.4 Å². The maximum Gasteiger partial charge on any atom is 0.260 e. The lowest BCUT2D eigenvalue weighted by Gasteiger charge is -2.27. The van der Waals surface area contributed by atoms with Crippen LogP contribution in [-0.2, 0) is 0 Å². The molecular weight excluding hydrogens is 322 g/mol. The lowest BCUT2D eigenvalue weighted by molar-refractivity contribution is 0.0589. The summed E-state index contributed by atoms with van der Waals surface area (Å²) in [6, 6.07) is 8.91.